The fourth-order valence-electron chi connectivity index (χ4n) is 1.11. The first-order chi connectivity index (χ1) is 5.99. The zero-order valence-corrected chi connectivity index (χ0v) is 11.0. The molecule has 0 bridgehead atoms. The van der Waals surface area contributed by atoms with Gasteiger partial charge in [-0.3, -0.25) is 0 Å². The van der Waals surface area contributed by atoms with Crippen molar-refractivity contribution < 1.29 is 18.9 Å². The Morgan fingerprint density at radius 1 is 1.14 bits per heavy atom. The van der Waals surface area contributed by atoms with Gasteiger partial charge in [-0.15, -0.1) is 6.54 Å². The summed E-state index contributed by atoms with van der Waals surface area (Å²) in [6.45, 7) is 9.85. The van der Waals surface area contributed by atoms with Crippen molar-refractivity contribution in [1.82, 2.24) is 0 Å². The molecule has 72 valence electrons. The minimum Gasteiger partial charge on any atom is -0.661 e. The first kappa shape index (κ1) is 14.0. The predicted octanol–water partition coefficient (Wildman–Crippen LogP) is 0.708. The summed E-state index contributed by atoms with van der Waals surface area (Å²) in [6, 6.07) is 8.48. The molecule has 3 heteroatoms. The van der Waals surface area contributed by atoms with E-state index in [4.69, 9.17) is 4.98 Å². The smallest absolute Gasteiger partial charge is 0.661 e. The molecule has 0 fully saturated rings. The molecule has 0 aromatic heterocycles. The normalized spacial score (nSPS) is 10.9. The molecule has 0 heterocycles. The van der Waals surface area contributed by atoms with Gasteiger partial charge in [-0.1, -0.05) is 57.7 Å². The van der Waals surface area contributed by atoms with Crippen LogP contribution in [0.5, 0.6) is 0 Å². The van der Waals surface area contributed by atoms with Crippen LogP contribution in [0.3, 0.4) is 0 Å². The van der Waals surface area contributed by atoms with E-state index in [2.05, 4.69) is 50.8 Å². The van der Waals surface area contributed by atoms with E-state index in [-0.39, 0.29) is 18.9 Å². The Kier molecular flexibility index (Phi) is 5.77. The van der Waals surface area contributed by atoms with Crippen LogP contribution in [0.2, 0.25) is 19.6 Å². The minimum atomic E-state index is -1.24. The molecule has 1 aromatic rings. The summed E-state index contributed by atoms with van der Waals surface area (Å²) in [6.07, 6.45) is 0. The molecule has 1 aromatic carbocycles. The molecular weight excluding hydrogens is 181 g/mol. The topological polar surface area (TPSA) is 14.1 Å². The molecule has 0 saturated heterocycles. The Labute approximate surface area is 101 Å². The second-order valence-electron chi connectivity index (χ2n) is 4.41. The largest absolute Gasteiger partial charge is 1.00 e. The number of hydrogen-bond donors (Lipinski definition) is 0. The van der Waals surface area contributed by atoms with Gasteiger partial charge in [0.15, 0.2) is 0 Å². The summed E-state index contributed by atoms with van der Waals surface area (Å²) in [4.78, 5) is 4.73. The second kappa shape index (κ2) is 5.77. The van der Waals surface area contributed by atoms with Gasteiger partial charge < -0.3 is 4.98 Å². The van der Waals surface area contributed by atoms with Gasteiger partial charge in [0.25, 0.3) is 0 Å². The Hall–Kier alpha value is -0.00571. The molecule has 0 radical (unpaired) electrons. The standard InChI is InChI=1S/C11H18NSi.Li/c1-10-7-5-6-8-11(10)9-12-13(2,3)4;/h5-8H,9H2,1-4H3;/q-1;+1. The molecular formula is C11H18LiNSi. The Morgan fingerprint density at radius 3 is 2.21 bits per heavy atom. The quantitative estimate of drug-likeness (QED) is 0.637. The summed E-state index contributed by atoms with van der Waals surface area (Å²) >= 11 is 0. The van der Waals surface area contributed by atoms with Crippen LogP contribution in [0.15, 0.2) is 24.3 Å². The van der Waals surface area contributed by atoms with Crippen molar-refractivity contribution in [3.63, 3.8) is 0 Å². The fraction of sp³-hybridized carbons (Fsp3) is 0.455. The van der Waals surface area contributed by atoms with E-state index in [1.807, 2.05) is 0 Å². The molecule has 14 heavy (non-hydrogen) atoms. The van der Waals surface area contributed by atoms with Crippen LogP contribution < -0.4 is 18.9 Å². The molecule has 0 aliphatic rings. The zero-order chi connectivity index (χ0) is 9.90. The van der Waals surface area contributed by atoms with E-state index in [0.717, 1.165) is 6.54 Å². The van der Waals surface area contributed by atoms with Crippen molar-refractivity contribution in [3.05, 3.63) is 40.4 Å². The van der Waals surface area contributed by atoms with Gasteiger partial charge in [-0.25, -0.2) is 0 Å². The van der Waals surface area contributed by atoms with Crippen molar-refractivity contribution >= 4 is 8.24 Å². The van der Waals surface area contributed by atoms with E-state index in [1.165, 1.54) is 11.1 Å². The van der Waals surface area contributed by atoms with Gasteiger partial charge >= 0.3 is 18.9 Å². The summed E-state index contributed by atoms with van der Waals surface area (Å²) in [5.74, 6) is 0. The molecule has 1 nitrogen and oxygen atoms in total. The maximum Gasteiger partial charge on any atom is 1.00 e. The number of aryl methyl sites for hydroxylation is 1. The van der Waals surface area contributed by atoms with Crippen molar-refractivity contribution in [1.29, 1.82) is 0 Å². The molecule has 0 amide bonds. The van der Waals surface area contributed by atoms with Crippen LogP contribution in [0.1, 0.15) is 11.1 Å². The predicted molar refractivity (Wildman–Crippen MR) is 61.6 cm³/mol. The first-order valence-electron chi connectivity index (χ1n) is 4.72. The summed E-state index contributed by atoms with van der Waals surface area (Å²) in [5.41, 5.74) is 2.72. The van der Waals surface area contributed by atoms with Crippen LogP contribution in [0.4, 0.5) is 0 Å². The minimum absolute atomic E-state index is 0. The van der Waals surface area contributed by atoms with Gasteiger partial charge in [0.1, 0.15) is 0 Å². The maximum atomic E-state index is 4.73. The average molecular weight is 199 g/mol. The third-order valence-corrected chi connectivity index (χ3v) is 3.09. The molecule has 0 aliphatic heterocycles. The molecule has 0 atom stereocenters. The second-order valence-corrected chi connectivity index (χ2v) is 9.07. The van der Waals surface area contributed by atoms with Crippen molar-refractivity contribution in [2.75, 3.05) is 0 Å². The summed E-state index contributed by atoms with van der Waals surface area (Å²) < 4.78 is 0. The van der Waals surface area contributed by atoms with Gasteiger partial charge in [0, 0.05) is 0 Å². The van der Waals surface area contributed by atoms with E-state index in [9.17, 15) is 0 Å². The summed E-state index contributed by atoms with van der Waals surface area (Å²) in [5, 5.41) is 0. The third-order valence-electron chi connectivity index (χ3n) is 1.98. The van der Waals surface area contributed by atoms with Gasteiger partial charge in [0.05, 0.1) is 0 Å². The number of hydrogen-bond acceptors (Lipinski definition) is 0. The molecule has 0 aliphatic carbocycles. The number of nitrogens with zero attached hydrogens (tertiary/aromatic N) is 1. The molecule has 0 saturated carbocycles. The molecule has 0 unspecified atom stereocenters. The SMILES string of the molecule is Cc1ccccc1C[N-][Si](C)(C)C.[Li+]. The van der Waals surface area contributed by atoms with Crippen molar-refractivity contribution in [3.8, 4) is 0 Å². The van der Waals surface area contributed by atoms with Gasteiger partial charge in [-0.05, 0) is 12.5 Å². The van der Waals surface area contributed by atoms with E-state index >= 15 is 0 Å². The van der Waals surface area contributed by atoms with Crippen LogP contribution in [-0.2, 0) is 6.54 Å². The van der Waals surface area contributed by atoms with Crippen LogP contribution >= 0.6 is 0 Å². The van der Waals surface area contributed by atoms with Crippen molar-refractivity contribution in [2.45, 2.75) is 33.1 Å². The molecule has 0 N–H and O–H groups in total. The van der Waals surface area contributed by atoms with Crippen LogP contribution in [0, 0.1) is 6.92 Å². The molecule has 0 spiro atoms. The fourth-order valence-corrected chi connectivity index (χ4v) is 1.75. The first-order valence-corrected chi connectivity index (χ1v) is 8.17. The monoisotopic (exact) mass is 199 g/mol. The number of benzene rings is 1. The Bertz CT molecular complexity index is 281. The third kappa shape index (κ3) is 5.02. The van der Waals surface area contributed by atoms with Crippen molar-refractivity contribution in [2.24, 2.45) is 0 Å². The number of rotatable bonds is 3. The van der Waals surface area contributed by atoms with Gasteiger partial charge in [0.2, 0.25) is 0 Å². The Balaban J connectivity index is 0.00000169. The zero-order valence-electron chi connectivity index (χ0n) is 9.96. The van der Waals surface area contributed by atoms with E-state index in [0.29, 0.717) is 0 Å². The van der Waals surface area contributed by atoms with E-state index < -0.39 is 8.24 Å². The maximum absolute atomic E-state index is 4.73. The van der Waals surface area contributed by atoms with Crippen LogP contribution in [-0.4, -0.2) is 8.24 Å². The van der Waals surface area contributed by atoms with E-state index in [1.54, 1.807) is 0 Å². The Morgan fingerprint density at radius 2 is 1.71 bits per heavy atom. The average Bonchev–Trinajstić information content (AvgIpc) is 2.01. The molecule has 1 rings (SSSR count). The summed E-state index contributed by atoms with van der Waals surface area (Å²) in [7, 11) is -1.24. The van der Waals surface area contributed by atoms with Gasteiger partial charge in [-0.2, -0.15) is 0 Å². The van der Waals surface area contributed by atoms with Crippen LogP contribution in [0.25, 0.3) is 4.98 Å².